The van der Waals surface area contributed by atoms with E-state index < -0.39 is 6.10 Å². The molecule has 1 rings (SSSR count). The van der Waals surface area contributed by atoms with Crippen molar-refractivity contribution >= 4 is 29.1 Å². The summed E-state index contributed by atoms with van der Waals surface area (Å²) in [6.45, 7) is 1.65. The van der Waals surface area contributed by atoms with Gasteiger partial charge >= 0.3 is 0 Å². The second-order valence-corrected chi connectivity index (χ2v) is 4.33. The van der Waals surface area contributed by atoms with Crippen molar-refractivity contribution in [2.45, 2.75) is 13.0 Å². The van der Waals surface area contributed by atoms with Crippen molar-refractivity contribution in [3.05, 3.63) is 28.2 Å². The number of aliphatic hydroxyl groups excluding tert-OH is 1. The molecule has 1 aromatic rings. The summed E-state index contributed by atoms with van der Waals surface area (Å²) in [4.78, 5) is 11.3. The van der Waals surface area contributed by atoms with Crippen LogP contribution < -0.4 is 10.1 Å². The van der Waals surface area contributed by atoms with Gasteiger partial charge in [0.25, 0.3) is 5.91 Å². The number of hydrogen-bond donors (Lipinski definition) is 2. The van der Waals surface area contributed by atoms with Gasteiger partial charge in [0.15, 0.2) is 6.61 Å². The van der Waals surface area contributed by atoms with Gasteiger partial charge in [-0.25, -0.2) is 0 Å². The van der Waals surface area contributed by atoms with E-state index in [1.165, 1.54) is 6.07 Å². The molecule has 0 unspecified atom stereocenters. The number of hydrogen-bond acceptors (Lipinski definition) is 3. The molecule has 0 radical (unpaired) electrons. The number of amides is 1. The van der Waals surface area contributed by atoms with Gasteiger partial charge in [-0.15, -0.1) is 0 Å². The first-order chi connectivity index (χ1) is 7.99. The van der Waals surface area contributed by atoms with Crippen LogP contribution in [-0.2, 0) is 4.79 Å². The quantitative estimate of drug-likeness (QED) is 0.864. The lowest BCUT2D eigenvalue weighted by Gasteiger charge is -2.09. The van der Waals surface area contributed by atoms with Crippen LogP contribution in [0, 0.1) is 0 Å². The predicted octanol–water partition coefficient (Wildman–Crippen LogP) is 1.87. The van der Waals surface area contributed by atoms with Gasteiger partial charge < -0.3 is 15.2 Å². The van der Waals surface area contributed by atoms with E-state index in [1.807, 2.05) is 0 Å². The standard InChI is InChI=1S/C11H13Cl2NO3/c1-7(15)5-14-11(16)6-17-8-2-3-9(12)10(13)4-8/h2-4,7,15H,5-6H2,1H3,(H,14,16)/t7-/m1/s1. The third kappa shape index (κ3) is 5.26. The first kappa shape index (κ1) is 14.1. The van der Waals surface area contributed by atoms with Crippen LogP contribution in [-0.4, -0.2) is 30.3 Å². The van der Waals surface area contributed by atoms with Crippen LogP contribution in [0.4, 0.5) is 0 Å². The fourth-order valence-corrected chi connectivity index (χ4v) is 1.32. The van der Waals surface area contributed by atoms with Gasteiger partial charge in [-0.1, -0.05) is 23.2 Å². The van der Waals surface area contributed by atoms with Crippen LogP contribution in [0.1, 0.15) is 6.92 Å². The van der Waals surface area contributed by atoms with Crippen LogP contribution in [0.2, 0.25) is 10.0 Å². The zero-order valence-corrected chi connectivity index (χ0v) is 10.8. The third-order valence-electron chi connectivity index (χ3n) is 1.86. The molecule has 0 aliphatic carbocycles. The average Bonchev–Trinajstić information content (AvgIpc) is 2.28. The van der Waals surface area contributed by atoms with Crippen molar-refractivity contribution < 1.29 is 14.6 Å². The fraction of sp³-hybridized carbons (Fsp3) is 0.364. The van der Waals surface area contributed by atoms with E-state index in [0.717, 1.165) is 0 Å². The lowest BCUT2D eigenvalue weighted by Crippen LogP contribution is -2.34. The van der Waals surface area contributed by atoms with Crippen molar-refractivity contribution in [1.82, 2.24) is 5.32 Å². The Hall–Kier alpha value is -0.970. The Morgan fingerprint density at radius 2 is 2.18 bits per heavy atom. The lowest BCUT2D eigenvalue weighted by atomic mass is 10.3. The summed E-state index contributed by atoms with van der Waals surface area (Å²) in [7, 11) is 0. The highest BCUT2D eigenvalue weighted by Crippen LogP contribution is 2.26. The summed E-state index contributed by atoms with van der Waals surface area (Å²) in [5.74, 6) is 0.156. The van der Waals surface area contributed by atoms with Gasteiger partial charge in [0.05, 0.1) is 16.1 Å². The molecule has 0 aromatic heterocycles. The normalized spacial score (nSPS) is 12.0. The zero-order chi connectivity index (χ0) is 12.8. The molecule has 6 heteroatoms. The molecule has 17 heavy (non-hydrogen) atoms. The first-order valence-electron chi connectivity index (χ1n) is 5.01. The maximum Gasteiger partial charge on any atom is 0.258 e. The maximum absolute atomic E-state index is 11.3. The number of aliphatic hydroxyl groups is 1. The smallest absolute Gasteiger partial charge is 0.258 e. The highest BCUT2D eigenvalue weighted by atomic mass is 35.5. The molecule has 4 nitrogen and oxygen atoms in total. The number of carbonyl (C=O) groups is 1. The fourth-order valence-electron chi connectivity index (χ4n) is 1.03. The topological polar surface area (TPSA) is 58.6 Å². The Bertz CT molecular complexity index is 396. The highest BCUT2D eigenvalue weighted by molar-refractivity contribution is 6.42. The number of rotatable bonds is 5. The molecule has 0 fully saturated rings. The number of halogens is 2. The van der Waals surface area contributed by atoms with Crippen molar-refractivity contribution in [2.75, 3.05) is 13.2 Å². The molecule has 0 saturated heterocycles. The largest absolute Gasteiger partial charge is 0.484 e. The van der Waals surface area contributed by atoms with E-state index in [4.69, 9.17) is 33.0 Å². The molecule has 0 saturated carbocycles. The van der Waals surface area contributed by atoms with Gasteiger partial charge in [0, 0.05) is 12.6 Å². The number of carbonyl (C=O) groups excluding carboxylic acids is 1. The Balaban J connectivity index is 2.39. The second-order valence-electron chi connectivity index (χ2n) is 3.52. The Morgan fingerprint density at radius 1 is 1.47 bits per heavy atom. The van der Waals surface area contributed by atoms with Crippen molar-refractivity contribution in [3.8, 4) is 5.75 Å². The monoisotopic (exact) mass is 277 g/mol. The van der Waals surface area contributed by atoms with Crippen molar-refractivity contribution in [1.29, 1.82) is 0 Å². The van der Waals surface area contributed by atoms with E-state index in [1.54, 1.807) is 19.1 Å². The van der Waals surface area contributed by atoms with E-state index in [0.29, 0.717) is 15.8 Å². The zero-order valence-electron chi connectivity index (χ0n) is 9.24. The molecule has 0 heterocycles. The van der Waals surface area contributed by atoms with Crippen LogP contribution in [0.3, 0.4) is 0 Å². The SMILES string of the molecule is C[C@@H](O)CNC(=O)COc1ccc(Cl)c(Cl)c1. The van der Waals surface area contributed by atoms with Crippen LogP contribution >= 0.6 is 23.2 Å². The van der Waals surface area contributed by atoms with Gasteiger partial charge in [0.2, 0.25) is 0 Å². The van der Waals surface area contributed by atoms with E-state index in [-0.39, 0.29) is 19.1 Å². The molecular formula is C11H13Cl2NO3. The minimum atomic E-state index is -0.580. The summed E-state index contributed by atoms with van der Waals surface area (Å²) in [6, 6.07) is 4.74. The van der Waals surface area contributed by atoms with Gasteiger partial charge in [-0.3, -0.25) is 4.79 Å². The molecule has 94 valence electrons. The average molecular weight is 278 g/mol. The first-order valence-corrected chi connectivity index (χ1v) is 5.77. The number of nitrogens with one attached hydrogen (secondary N) is 1. The highest BCUT2D eigenvalue weighted by Gasteiger charge is 2.05. The van der Waals surface area contributed by atoms with Gasteiger partial charge in [-0.2, -0.15) is 0 Å². The van der Waals surface area contributed by atoms with E-state index in [9.17, 15) is 4.79 Å². The molecule has 2 N–H and O–H groups in total. The summed E-state index contributed by atoms with van der Waals surface area (Å²) < 4.78 is 5.20. The Morgan fingerprint density at radius 3 is 2.76 bits per heavy atom. The minimum absolute atomic E-state index is 0.134. The maximum atomic E-state index is 11.3. The van der Waals surface area contributed by atoms with Crippen LogP contribution in [0.25, 0.3) is 0 Å². The molecular weight excluding hydrogens is 265 g/mol. The van der Waals surface area contributed by atoms with Crippen molar-refractivity contribution in [2.24, 2.45) is 0 Å². The van der Waals surface area contributed by atoms with E-state index in [2.05, 4.69) is 5.32 Å². The summed E-state index contributed by atoms with van der Waals surface area (Å²) >= 11 is 11.5. The van der Waals surface area contributed by atoms with Gasteiger partial charge in [-0.05, 0) is 19.1 Å². The summed E-state index contributed by atoms with van der Waals surface area (Å²) in [6.07, 6.45) is -0.580. The molecule has 1 amide bonds. The second kappa shape index (κ2) is 6.69. The Labute approximate surface area is 109 Å². The van der Waals surface area contributed by atoms with E-state index >= 15 is 0 Å². The minimum Gasteiger partial charge on any atom is -0.484 e. The molecule has 0 spiro atoms. The van der Waals surface area contributed by atoms with Gasteiger partial charge in [0.1, 0.15) is 5.75 Å². The van der Waals surface area contributed by atoms with Crippen molar-refractivity contribution in [3.63, 3.8) is 0 Å². The number of ether oxygens (including phenoxy) is 1. The predicted molar refractivity (Wildman–Crippen MR) is 66.6 cm³/mol. The summed E-state index contributed by atoms with van der Waals surface area (Å²) in [5.41, 5.74) is 0. The van der Waals surface area contributed by atoms with Crippen LogP contribution in [0.5, 0.6) is 5.75 Å². The summed E-state index contributed by atoms with van der Waals surface area (Å²) in [5, 5.41) is 12.3. The van der Waals surface area contributed by atoms with Crippen LogP contribution in [0.15, 0.2) is 18.2 Å². The molecule has 0 aliphatic rings. The lowest BCUT2D eigenvalue weighted by molar-refractivity contribution is -0.123. The Kier molecular flexibility index (Phi) is 5.55. The number of benzene rings is 1. The third-order valence-corrected chi connectivity index (χ3v) is 2.59. The molecule has 0 aliphatic heterocycles. The molecule has 0 bridgehead atoms. The molecule has 1 atom stereocenters. The molecule has 1 aromatic carbocycles.